The Kier molecular flexibility index (Phi) is 5.49. The van der Waals surface area contributed by atoms with Gasteiger partial charge in [-0.15, -0.1) is 0 Å². The summed E-state index contributed by atoms with van der Waals surface area (Å²) in [6.07, 6.45) is 5.29. The van der Waals surface area contributed by atoms with Crippen LogP contribution in [0.25, 0.3) is 0 Å². The molecule has 2 nitrogen and oxygen atoms in total. The summed E-state index contributed by atoms with van der Waals surface area (Å²) in [4.78, 5) is 0. The predicted molar refractivity (Wildman–Crippen MR) is 60.5 cm³/mol. The Hall–Kier alpha value is -0.0800. The second kappa shape index (κ2) is 6.41. The largest absolute Gasteiger partial charge is 0.385 e. The van der Waals surface area contributed by atoms with Gasteiger partial charge in [0.05, 0.1) is 0 Å². The highest BCUT2D eigenvalue weighted by Crippen LogP contribution is 2.28. The summed E-state index contributed by atoms with van der Waals surface area (Å²) < 4.78 is 5.04. The Morgan fingerprint density at radius 3 is 2.79 bits per heavy atom. The molecule has 1 rings (SSSR count). The molecule has 0 aromatic rings. The minimum Gasteiger partial charge on any atom is -0.385 e. The fraction of sp³-hybridized carbons (Fsp3) is 1.00. The fourth-order valence-corrected chi connectivity index (χ4v) is 2.32. The van der Waals surface area contributed by atoms with Crippen molar-refractivity contribution in [3.63, 3.8) is 0 Å². The Balaban J connectivity index is 2.14. The van der Waals surface area contributed by atoms with Crippen LogP contribution in [0.4, 0.5) is 0 Å². The van der Waals surface area contributed by atoms with Gasteiger partial charge in [-0.25, -0.2) is 0 Å². The molecule has 0 spiro atoms. The van der Waals surface area contributed by atoms with Gasteiger partial charge in [0.1, 0.15) is 0 Å². The number of nitrogens with one attached hydrogen (secondary N) is 1. The molecule has 0 aromatic carbocycles. The third kappa shape index (κ3) is 3.97. The summed E-state index contributed by atoms with van der Waals surface area (Å²) in [6.45, 7) is 6.73. The molecule has 0 aromatic heterocycles. The second-order valence-electron chi connectivity index (χ2n) is 4.80. The van der Waals surface area contributed by atoms with Crippen molar-refractivity contribution < 1.29 is 4.74 Å². The maximum absolute atomic E-state index is 5.04. The third-order valence-electron chi connectivity index (χ3n) is 3.39. The second-order valence-corrected chi connectivity index (χ2v) is 4.80. The lowest BCUT2D eigenvalue weighted by Crippen LogP contribution is -2.40. The van der Waals surface area contributed by atoms with Crippen molar-refractivity contribution >= 4 is 0 Å². The SMILES string of the molecule is COCCCNC1CC(C)CCC1C. The third-order valence-corrected chi connectivity index (χ3v) is 3.39. The van der Waals surface area contributed by atoms with E-state index in [-0.39, 0.29) is 0 Å². The molecular weight excluding hydrogens is 174 g/mol. The van der Waals surface area contributed by atoms with Crippen LogP contribution in [-0.4, -0.2) is 26.3 Å². The lowest BCUT2D eigenvalue weighted by Gasteiger charge is -2.33. The van der Waals surface area contributed by atoms with E-state index in [1.165, 1.54) is 19.3 Å². The van der Waals surface area contributed by atoms with Crippen molar-refractivity contribution in [3.05, 3.63) is 0 Å². The summed E-state index contributed by atoms with van der Waals surface area (Å²) >= 11 is 0. The van der Waals surface area contributed by atoms with Gasteiger partial charge in [-0.3, -0.25) is 0 Å². The summed E-state index contributed by atoms with van der Waals surface area (Å²) in [5, 5.41) is 3.66. The van der Waals surface area contributed by atoms with Crippen molar-refractivity contribution in [3.8, 4) is 0 Å². The van der Waals surface area contributed by atoms with Crippen LogP contribution in [0.1, 0.15) is 39.5 Å². The van der Waals surface area contributed by atoms with Crippen LogP contribution in [0.15, 0.2) is 0 Å². The van der Waals surface area contributed by atoms with E-state index < -0.39 is 0 Å². The molecule has 0 aliphatic heterocycles. The van der Waals surface area contributed by atoms with Crippen LogP contribution in [0.5, 0.6) is 0 Å². The lowest BCUT2D eigenvalue weighted by atomic mass is 9.80. The zero-order valence-electron chi connectivity index (χ0n) is 9.88. The van der Waals surface area contributed by atoms with E-state index in [9.17, 15) is 0 Å². The van der Waals surface area contributed by atoms with Gasteiger partial charge in [0.25, 0.3) is 0 Å². The van der Waals surface area contributed by atoms with Gasteiger partial charge >= 0.3 is 0 Å². The van der Waals surface area contributed by atoms with Crippen LogP contribution in [0, 0.1) is 11.8 Å². The molecule has 0 saturated heterocycles. The summed E-state index contributed by atoms with van der Waals surface area (Å²) in [5.41, 5.74) is 0. The molecule has 0 radical (unpaired) electrons. The standard InChI is InChI=1S/C12H25NO/c1-10-5-6-11(2)12(9-10)13-7-4-8-14-3/h10-13H,4-9H2,1-3H3. The monoisotopic (exact) mass is 199 g/mol. The van der Waals surface area contributed by atoms with E-state index >= 15 is 0 Å². The molecule has 1 saturated carbocycles. The molecule has 3 atom stereocenters. The molecule has 1 N–H and O–H groups in total. The van der Waals surface area contributed by atoms with E-state index in [2.05, 4.69) is 19.2 Å². The molecular formula is C12H25NO. The average Bonchev–Trinajstić information content (AvgIpc) is 2.18. The van der Waals surface area contributed by atoms with Gasteiger partial charge in [0.2, 0.25) is 0 Å². The highest BCUT2D eigenvalue weighted by molar-refractivity contribution is 4.80. The minimum absolute atomic E-state index is 0.746. The number of ether oxygens (including phenoxy) is 1. The average molecular weight is 199 g/mol. The molecule has 84 valence electrons. The molecule has 1 aliphatic rings. The molecule has 1 aliphatic carbocycles. The number of hydrogen-bond acceptors (Lipinski definition) is 2. The van der Waals surface area contributed by atoms with Crippen molar-refractivity contribution in [2.45, 2.75) is 45.6 Å². The van der Waals surface area contributed by atoms with Crippen molar-refractivity contribution in [2.75, 3.05) is 20.3 Å². The highest BCUT2D eigenvalue weighted by atomic mass is 16.5. The van der Waals surface area contributed by atoms with Gasteiger partial charge < -0.3 is 10.1 Å². The zero-order valence-corrected chi connectivity index (χ0v) is 9.88. The first-order valence-corrected chi connectivity index (χ1v) is 5.96. The van der Waals surface area contributed by atoms with Crippen LogP contribution >= 0.6 is 0 Å². The van der Waals surface area contributed by atoms with Crippen LogP contribution in [0.3, 0.4) is 0 Å². The molecule has 1 fully saturated rings. The summed E-state index contributed by atoms with van der Waals surface area (Å²) in [6, 6.07) is 0.746. The topological polar surface area (TPSA) is 21.3 Å². The molecule has 0 amide bonds. The minimum atomic E-state index is 0.746. The van der Waals surface area contributed by atoms with Crippen LogP contribution < -0.4 is 5.32 Å². The summed E-state index contributed by atoms with van der Waals surface area (Å²) in [7, 11) is 1.77. The lowest BCUT2D eigenvalue weighted by molar-refractivity contribution is 0.184. The Labute approximate surface area is 88.4 Å². The van der Waals surface area contributed by atoms with Gasteiger partial charge in [0, 0.05) is 19.8 Å². The molecule has 14 heavy (non-hydrogen) atoms. The van der Waals surface area contributed by atoms with E-state index in [1.807, 2.05) is 0 Å². The summed E-state index contributed by atoms with van der Waals surface area (Å²) in [5.74, 6) is 1.76. The number of hydrogen-bond donors (Lipinski definition) is 1. The van der Waals surface area contributed by atoms with Crippen molar-refractivity contribution in [2.24, 2.45) is 11.8 Å². The maximum atomic E-state index is 5.04. The van der Waals surface area contributed by atoms with Crippen LogP contribution in [0.2, 0.25) is 0 Å². The van der Waals surface area contributed by atoms with E-state index in [4.69, 9.17) is 4.74 Å². The van der Waals surface area contributed by atoms with E-state index in [1.54, 1.807) is 7.11 Å². The van der Waals surface area contributed by atoms with Crippen LogP contribution in [-0.2, 0) is 4.74 Å². The van der Waals surface area contributed by atoms with E-state index in [0.29, 0.717) is 0 Å². The fourth-order valence-electron chi connectivity index (χ4n) is 2.32. The molecule has 0 bridgehead atoms. The first-order chi connectivity index (χ1) is 6.74. The Morgan fingerprint density at radius 2 is 2.07 bits per heavy atom. The quantitative estimate of drug-likeness (QED) is 0.687. The van der Waals surface area contributed by atoms with E-state index in [0.717, 1.165) is 37.5 Å². The smallest absolute Gasteiger partial charge is 0.0474 e. The van der Waals surface area contributed by atoms with Crippen molar-refractivity contribution in [1.82, 2.24) is 5.32 Å². The number of methoxy groups -OCH3 is 1. The predicted octanol–water partition coefficient (Wildman–Crippen LogP) is 2.44. The van der Waals surface area contributed by atoms with Gasteiger partial charge in [-0.1, -0.05) is 20.3 Å². The Bertz CT molecular complexity index is 149. The first kappa shape index (κ1) is 12.0. The highest BCUT2D eigenvalue weighted by Gasteiger charge is 2.24. The van der Waals surface area contributed by atoms with Gasteiger partial charge in [0.15, 0.2) is 0 Å². The maximum Gasteiger partial charge on any atom is 0.0474 e. The molecule has 0 heterocycles. The number of rotatable bonds is 5. The molecule has 2 heteroatoms. The van der Waals surface area contributed by atoms with Gasteiger partial charge in [-0.2, -0.15) is 0 Å². The molecule has 3 unspecified atom stereocenters. The first-order valence-electron chi connectivity index (χ1n) is 5.96. The van der Waals surface area contributed by atoms with Crippen molar-refractivity contribution in [1.29, 1.82) is 0 Å². The zero-order chi connectivity index (χ0) is 10.4. The Morgan fingerprint density at radius 1 is 1.29 bits per heavy atom. The normalized spacial score (nSPS) is 33.2. The van der Waals surface area contributed by atoms with Gasteiger partial charge in [-0.05, 0) is 37.6 Å².